The lowest BCUT2D eigenvalue weighted by molar-refractivity contribution is 0.586. The smallest absolute Gasteiger partial charge is 0.248 e. The van der Waals surface area contributed by atoms with Gasteiger partial charge in [0.1, 0.15) is 11.9 Å². The second-order valence-corrected chi connectivity index (χ2v) is 6.09. The third-order valence-electron chi connectivity index (χ3n) is 4.23. The van der Waals surface area contributed by atoms with Crippen LogP contribution in [-0.2, 0) is 0 Å². The Balaban J connectivity index is 1.75. The molecule has 0 saturated carbocycles. The first kappa shape index (κ1) is 15.3. The first-order valence-electron chi connectivity index (χ1n) is 7.92. The van der Waals surface area contributed by atoms with Gasteiger partial charge in [-0.05, 0) is 64.0 Å². The fourth-order valence-corrected chi connectivity index (χ4v) is 2.86. The van der Waals surface area contributed by atoms with Crippen LogP contribution in [0.5, 0.6) is 0 Å². The first-order chi connectivity index (χ1) is 12.1. The van der Waals surface area contributed by atoms with Gasteiger partial charge in [-0.25, -0.2) is 4.39 Å². The Kier molecular flexibility index (Phi) is 3.68. The summed E-state index contributed by atoms with van der Waals surface area (Å²) in [7, 11) is 4.01. The third kappa shape index (κ3) is 2.84. The monoisotopic (exact) mass is 336 g/mol. The van der Waals surface area contributed by atoms with E-state index < -0.39 is 0 Å². The lowest BCUT2D eigenvalue weighted by Crippen LogP contribution is -2.20. The molecule has 0 amide bonds. The number of rotatable bonds is 3. The fraction of sp³-hybridized carbons (Fsp3) is 0.167. The predicted molar refractivity (Wildman–Crippen MR) is 94.7 cm³/mol. The van der Waals surface area contributed by atoms with Gasteiger partial charge in [0, 0.05) is 25.5 Å². The van der Waals surface area contributed by atoms with E-state index in [2.05, 4.69) is 50.0 Å². The van der Waals surface area contributed by atoms with Crippen LogP contribution in [0.25, 0.3) is 5.70 Å². The molecule has 1 atom stereocenters. The number of aromatic nitrogens is 4. The zero-order valence-corrected chi connectivity index (χ0v) is 13.9. The fourth-order valence-electron chi connectivity index (χ4n) is 2.86. The van der Waals surface area contributed by atoms with Gasteiger partial charge in [-0.2, -0.15) is 4.68 Å². The summed E-state index contributed by atoms with van der Waals surface area (Å²) in [5.74, 6) is 0.296. The van der Waals surface area contributed by atoms with Gasteiger partial charge in [-0.15, -0.1) is 0 Å². The number of nitrogens with one attached hydrogen (secondary N) is 1. The summed E-state index contributed by atoms with van der Waals surface area (Å²) in [5.41, 5.74) is 3.92. The molecule has 2 heterocycles. The highest BCUT2D eigenvalue weighted by Gasteiger charge is 2.24. The van der Waals surface area contributed by atoms with Crippen LogP contribution in [0, 0.1) is 5.82 Å². The lowest BCUT2D eigenvalue weighted by atomic mass is 10.0. The average molecular weight is 336 g/mol. The SMILES string of the molecule is CN(C)c1ccc(C2C=C(c3ccc(F)cc3)Nc3nnnn32)cc1. The topological polar surface area (TPSA) is 58.9 Å². The van der Waals surface area contributed by atoms with E-state index in [4.69, 9.17) is 0 Å². The van der Waals surface area contributed by atoms with Gasteiger partial charge in [0.05, 0.1) is 0 Å². The van der Waals surface area contributed by atoms with Gasteiger partial charge in [0.2, 0.25) is 5.95 Å². The van der Waals surface area contributed by atoms with Gasteiger partial charge in [0.15, 0.2) is 0 Å². The summed E-state index contributed by atoms with van der Waals surface area (Å²) < 4.78 is 14.9. The summed E-state index contributed by atoms with van der Waals surface area (Å²) >= 11 is 0. The zero-order chi connectivity index (χ0) is 17.4. The second-order valence-electron chi connectivity index (χ2n) is 6.09. The van der Waals surface area contributed by atoms with Crippen molar-refractivity contribution >= 4 is 17.3 Å². The number of anilines is 2. The summed E-state index contributed by atoms with van der Waals surface area (Å²) in [6, 6.07) is 14.5. The number of tetrazole rings is 1. The Bertz CT molecular complexity index is 911. The molecular weight excluding hydrogens is 319 g/mol. The van der Waals surface area contributed by atoms with Crippen molar-refractivity contribution in [3.8, 4) is 0 Å². The Labute approximate surface area is 144 Å². The van der Waals surface area contributed by atoms with Crippen LogP contribution in [0.1, 0.15) is 17.2 Å². The highest BCUT2D eigenvalue weighted by Crippen LogP contribution is 2.32. The number of halogens is 1. The van der Waals surface area contributed by atoms with Crippen LogP contribution in [0.4, 0.5) is 16.0 Å². The minimum atomic E-state index is -0.263. The van der Waals surface area contributed by atoms with Crippen LogP contribution in [-0.4, -0.2) is 34.3 Å². The Hall–Kier alpha value is -3.22. The molecule has 25 heavy (non-hydrogen) atoms. The van der Waals surface area contributed by atoms with E-state index in [1.54, 1.807) is 16.8 Å². The molecular formula is C18H17FN6. The van der Waals surface area contributed by atoms with Gasteiger partial charge in [0.25, 0.3) is 0 Å². The van der Waals surface area contributed by atoms with Crippen molar-refractivity contribution < 1.29 is 4.39 Å². The van der Waals surface area contributed by atoms with Gasteiger partial charge >= 0.3 is 0 Å². The predicted octanol–water partition coefficient (Wildman–Crippen LogP) is 2.93. The van der Waals surface area contributed by atoms with E-state index in [1.807, 2.05) is 20.2 Å². The molecule has 0 fully saturated rings. The van der Waals surface area contributed by atoms with E-state index >= 15 is 0 Å². The molecule has 1 unspecified atom stereocenters. The van der Waals surface area contributed by atoms with Crippen LogP contribution >= 0.6 is 0 Å². The van der Waals surface area contributed by atoms with Crippen molar-refractivity contribution in [2.24, 2.45) is 0 Å². The Morgan fingerprint density at radius 2 is 1.76 bits per heavy atom. The van der Waals surface area contributed by atoms with Crippen LogP contribution in [0.15, 0.2) is 54.6 Å². The molecule has 2 aromatic carbocycles. The second kappa shape index (κ2) is 6.01. The molecule has 4 rings (SSSR count). The highest BCUT2D eigenvalue weighted by molar-refractivity contribution is 5.76. The lowest BCUT2D eigenvalue weighted by Gasteiger charge is -2.24. The number of nitrogens with zero attached hydrogens (tertiary/aromatic N) is 5. The molecule has 3 aromatic rings. The molecule has 1 aromatic heterocycles. The Morgan fingerprint density at radius 3 is 2.44 bits per heavy atom. The first-order valence-corrected chi connectivity index (χ1v) is 7.92. The van der Waals surface area contributed by atoms with Gasteiger partial charge < -0.3 is 10.2 Å². The molecule has 6 nitrogen and oxygen atoms in total. The van der Waals surface area contributed by atoms with Crippen molar-refractivity contribution in [2.45, 2.75) is 6.04 Å². The molecule has 0 bridgehead atoms. The molecule has 0 spiro atoms. The number of allylic oxidation sites excluding steroid dienone is 1. The number of hydrogen-bond acceptors (Lipinski definition) is 5. The third-order valence-corrected chi connectivity index (χ3v) is 4.23. The minimum absolute atomic E-state index is 0.137. The van der Waals surface area contributed by atoms with Gasteiger partial charge in [-0.1, -0.05) is 17.2 Å². The van der Waals surface area contributed by atoms with Crippen LogP contribution in [0.2, 0.25) is 0 Å². The van der Waals surface area contributed by atoms with E-state index in [0.29, 0.717) is 5.95 Å². The molecule has 0 radical (unpaired) electrons. The maximum Gasteiger partial charge on any atom is 0.248 e. The quantitative estimate of drug-likeness (QED) is 0.797. The van der Waals surface area contributed by atoms with Crippen molar-refractivity contribution in [2.75, 3.05) is 24.3 Å². The average Bonchev–Trinajstić information content (AvgIpc) is 3.10. The van der Waals surface area contributed by atoms with E-state index in [1.165, 1.54) is 12.1 Å². The largest absolute Gasteiger partial charge is 0.378 e. The van der Waals surface area contributed by atoms with Crippen molar-refractivity contribution in [1.82, 2.24) is 20.2 Å². The Morgan fingerprint density at radius 1 is 1.04 bits per heavy atom. The minimum Gasteiger partial charge on any atom is -0.378 e. The summed E-state index contributed by atoms with van der Waals surface area (Å²) in [5, 5.41) is 15.1. The molecule has 1 N–H and O–H groups in total. The molecule has 1 aliphatic heterocycles. The van der Waals surface area contributed by atoms with Gasteiger partial charge in [-0.3, -0.25) is 0 Å². The zero-order valence-electron chi connectivity index (χ0n) is 13.9. The summed E-state index contributed by atoms with van der Waals surface area (Å²) in [6.45, 7) is 0. The van der Waals surface area contributed by atoms with E-state index in [-0.39, 0.29) is 11.9 Å². The summed E-state index contributed by atoms with van der Waals surface area (Å²) in [4.78, 5) is 2.05. The number of hydrogen-bond donors (Lipinski definition) is 1. The summed E-state index contributed by atoms with van der Waals surface area (Å²) in [6.07, 6.45) is 2.04. The number of fused-ring (bicyclic) bond motifs is 1. The van der Waals surface area contributed by atoms with Crippen molar-refractivity contribution in [3.05, 3.63) is 71.6 Å². The molecule has 0 saturated heterocycles. The van der Waals surface area contributed by atoms with Crippen molar-refractivity contribution in [1.29, 1.82) is 0 Å². The molecule has 126 valence electrons. The van der Waals surface area contributed by atoms with E-state index in [0.717, 1.165) is 22.5 Å². The highest BCUT2D eigenvalue weighted by atomic mass is 19.1. The maximum atomic E-state index is 13.2. The van der Waals surface area contributed by atoms with E-state index in [9.17, 15) is 4.39 Å². The van der Waals surface area contributed by atoms with Crippen LogP contribution < -0.4 is 10.2 Å². The maximum absolute atomic E-state index is 13.2. The van der Waals surface area contributed by atoms with Crippen LogP contribution in [0.3, 0.4) is 0 Å². The standard InChI is InChI=1S/C18H17FN6/c1-24(2)15-9-5-13(6-10-15)17-11-16(12-3-7-14(19)8-4-12)20-18-21-22-23-25(17)18/h3-11,17H,1-2H3,(H,20,21,23). The molecule has 7 heteroatoms. The number of benzene rings is 2. The molecule has 1 aliphatic rings. The molecule has 0 aliphatic carbocycles. The normalized spacial score (nSPS) is 16.0. The van der Waals surface area contributed by atoms with Crippen molar-refractivity contribution in [3.63, 3.8) is 0 Å².